The Morgan fingerprint density at radius 3 is 2.55 bits per heavy atom. The predicted octanol–water partition coefficient (Wildman–Crippen LogP) is 3.20. The third kappa shape index (κ3) is 2.77. The van der Waals surface area contributed by atoms with Crippen molar-refractivity contribution >= 4 is 5.57 Å². The van der Waals surface area contributed by atoms with Crippen LogP contribution in [0.25, 0.3) is 5.57 Å². The molecule has 0 radical (unpaired) electrons. The van der Waals surface area contributed by atoms with E-state index >= 15 is 0 Å². The highest BCUT2D eigenvalue weighted by molar-refractivity contribution is 5.74. The molecule has 2 bridgehead atoms. The van der Waals surface area contributed by atoms with Crippen molar-refractivity contribution in [2.75, 3.05) is 14.1 Å². The fourth-order valence-electron chi connectivity index (χ4n) is 7.73. The SMILES string of the molecule is CN(C)[C@H]1C[C@@]23CC[C@@]4(O2)C(=CC[C@]2(C)C(c5ccc(CO)cc5)=CCC24)C=C3[C@@H](O)[C@@H]1O. The summed E-state index contributed by atoms with van der Waals surface area (Å²) in [7, 11) is 3.94. The monoisotopic (exact) mass is 449 g/mol. The van der Waals surface area contributed by atoms with Crippen molar-refractivity contribution in [1.29, 1.82) is 0 Å². The molecule has 2 fully saturated rings. The molecule has 0 aromatic heterocycles. The summed E-state index contributed by atoms with van der Waals surface area (Å²) in [5.41, 5.74) is 4.78. The Labute approximate surface area is 196 Å². The average molecular weight is 450 g/mol. The number of hydrogen-bond donors (Lipinski definition) is 3. The van der Waals surface area contributed by atoms with E-state index < -0.39 is 17.8 Å². The number of aliphatic hydroxyl groups is 3. The van der Waals surface area contributed by atoms with Crippen molar-refractivity contribution in [1.82, 2.24) is 4.90 Å². The highest BCUT2D eigenvalue weighted by Crippen LogP contribution is 2.67. The number of hydrogen-bond acceptors (Lipinski definition) is 5. The third-order valence-corrected chi connectivity index (χ3v) is 9.54. The lowest BCUT2D eigenvalue weighted by Crippen LogP contribution is -2.61. The summed E-state index contributed by atoms with van der Waals surface area (Å²) < 4.78 is 7.18. The first-order valence-electron chi connectivity index (χ1n) is 12.3. The van der Waals surface area contributed by atoms with Crippen molar-refractivity contribution in [3.05, 3.63) is 64.8 Å². The van der Waals surface area contributed by atoms with E-state index in [4.69, 9.17) is 4.74 Å². The van der Waals surface area contributed by atoms with Gasteiger partial charge in [-0.2, -0.15) is 0 Å². The fourth-order valence-corrected chi connectivity index (χ4v) is 7.73. The van der Waals surface area contributed by atoms with Crippen LogP contribution in [0.1, 0.15) is 50.2 Å². The number of likely N-dealkylation sites (N-methyl/N-ethyl adjacent to an activating group) is 1. The van der Waals surface area contributed by atoms with Gasteiger partial charge in [0.05, 0.1) is 23.9 Å². The number of benzene rings is 1. The quantitative estimate of drug-likeness (QED) is 0.661. The van der Waals surface area contributed by atoms with Crippen LogP contribution in [0, 0.1) is 11.3 Å². The Balaban J connectivity index is 1.40. The minimum absolute atomic E-state index is 0.0190. The summed E-state index contributed by atoms with van der Waals surface area (Å²) in [6.45, 7) is 2.45. The van der Waals surface area contributed by atoms with Crippen LogP contribution >= 0.6 is 0 Å². The van der Waals surface area contributed by atoms with Gasteiger partial charge in [-0.3, -0.25) is 0 Å². The van der Waals surface area contributed by atoms with Gasteiger partial charge in [-0.15, -0.1) is 0 Å². The minimum Gasteiger partial charge on any atom is -0.392 e. The molecule has 6 rings (SSSR count). The zero-order chi connectivity index (χ0) is 23.2. The maximum atomic E-state index is 11.1. The van der Waals surface area contributed by atoms with Crippen LogP contribution in [0.2, 0.25) is 0 Å². The normalized spacial score (nSPS) is 43.4. The molecular weight excluding hydrogens is 414 g/mol. The molecule has 0 amide bonds. The van der Waals surface area contributed by atoms with E-state index in [0.29, 0.717) is 12.3 Å². The minimum atomic E-state index is -0.890. The summed E-state index contributed by atoms with van der Waals surface area (Å²) in [6, 6.07) is 8.18. The first kappa shape index (κ1) is 21.8. The molecule has 33 heavy (non-hydrogen) atoms. The second kappa shape index (κ2) is 7.12. The molecule has 1 saturated carbocycles. The van der Waals surface area contributed by atoms with Crippen LogP contribution < -0.4 is 0 Å². The highest BCUT2D eigenvalue weighted by atomic mass is 16.5. The van der Waals surface area contributed by atoms with Crippen LogP contribution in [0.5, 0.6) is 0 Å². The molecule has 1 saturated heterocycles. The Morgan fingerprint density at radius 1 is 1.09 bits per heavy atom. The van der Waals surface area contributed by atoms with Gasteiger partial charge in [-0.25, -0.2) is 0 Å². The van der Waals surface area contributed by atoms with Crippen LogP contribution in [0.3, 0.4) is 0 Å². The molecule has 3 aliphatic carbocycles. The molecule has 2 heterocycles. The fraction of sp³-hybridized carbons (Fsp3) is 0.571. The van der Waals surface area contributed by atoms with Crippen LogP contribution in [-0.2, 0) is 11.3 Å². The van der Waals surface area contributed by atoms with Gasteiger partial charge in [0.1, 0.15) is 6.10 Å². The summed E-state index contributed by atoms with van der Waals surface area (Å²) in [4.78, 5) is 2.02. The Kier molecular flexibility index (Phi) is 4.70. The second-order valence-electron chi connectivity index (χ2n) is 11.3. The molecule has 176 valence electrons. The first-order valence-corrected chi connectivity index (χ1v) is 12.3. The first-order chi connectivity index (χ1) is 15.7. The topological polar surface area (TPSA) is 73.2 Å². The molecule has 5 nitrogen and oxygen atoms in total. The lowest BCUT2D eigenvalue weighted by Gasteiger charge is -2.55. The summed E-state index contributed by atoms with van der Waals surface area (Å²) in [5, 5.41) is 31.3. The third-order valence-electron chi connectivity index (χ3n) is 9.54. The maximum absolute atomic E-state index is 11.1. The van der Waals surface area contributed by atoms with E-state index in [1.54, 1.807) is 0 Å². The Hall–Kier alpha value is -1.76. The summed E-state index contributed by atoms with van der Waals surface area (Å²) in [6.07, 6.45) is 9.69. The van der Waals surface area contributed by atoms with Crippen molar-refractivity contribution in [3.63, 3.8) is 0 Å². The lowest BCUT2D eigenvalue weighted by molar-refractivity contribution is -0.161. The molecule has 2 aliphatic heterocycles. The van der Waals surface area contributed by atoms with Crippen molar-refractivity contribution in [2.24, 2.45) is 11.3 Å². The van der Waals surface area contributed by atoms with Gasteiger partial charge in [-0.1, -0.05) is 49.4 Å². The van der Waals surface area contributed by atoms with E-state index in [2.05, 4.69) is 37.3 Å². The van der Waals surface area contributed by atoms with Crippen molar-refractivity contribution in [3.8, 4) is 0 Å². The molecule has 1 aromatic carbocycles. The van der Waals surface area contributed by atoms with Gasteiger partial charge in [0.15, 0.2) is 0 Å². The summed E-state index contributed by atoms with van der Waals surface area (Å²) in [5.74, 6) is 0.344. The molecule has 7 atom stereocenters. The molecular formula is C28H35NO4. The number of fused-ring (bicyclic) bond motifs is 1. The highest BCUT2D eigenvalue weighted by Gasteiger charge is 2.67. The molecule has 2 spiro atoms. The largest absolute Gasteiger partial charge is 0.392 e. The maximum Gasteiger partial charge on any atom is 0.105 e. The molecule has 5 aliphatic rings. The molecule has 1 unspecified atom stereocenters. The van der Waals surface area contributed by atoms with E-state index in [-0.39, 0.29) is 23.7 Å². The predicted molar refractivity (Wildman–Crippen MR) is 127 cm³/mol. The van der Waals surface area contributed by atoms with E-state index in [9.17, 15) is 15.3 Å². The average Bonchev–Trinajstić information content (AvgIpc) is 3.32. The molecule has 3 N–H and O–H groups in total. The second-order valence-corrected chi connectivity index (χ2v) is 11.3. The van der Waals surface area contributed by atoms with Gasteiger partial charge >= 0.3 is 0 Å². The van der Waals surface area contributed by atoms with Gasteiger partial charge in [0.25, 0.3) is 0 Å². The zero-order valence-corrected chi connectivity index (χ0v) is 19.8. The zero-order valence-electron chi connectivity index (χ0n) is 19.8. The molecule has 1 aromatic rings. The summed E-state index contributed by atoms with van der Waals surface area (Å²) >= 11 is 0. The number of aliphatic hydroxyl groups excluding tert-OH is 3. The van der Waals surface area contributed by atoms with Gasteiger partial charge in [-0.05, 0) is 74.0 Å². The Morgan fingerprint density at radius 2 is 1.85 bits per heavy atom. The number of nitrogens with zero attached hydrogens (tertiary/aromatic N) is 1. The lowest BCUT2D eigenvalue weighted by atomic mass is 9.58. The number of ether oxygens (including phenoxy) is 1. The van der Waals surface area contributed by atoms with Gasteiger partial charge in [0, 0.05) is 17.4 Å². The van der Waals surface area contributed by atoms with Crippen LogP contribution in [-0.4, -0.2) is 63.8 Å². The van der Waals surface area contributed by atoms with E-state index in [1.807, 2.05) is 31.1 Å². The van der Waals surface area contributed by atoms with Crippen molar-refractivity contribution < 1.29 is 20.1 Å². The van der Waals surface area contributed by atoms with Gasteiger partial charge in [0.2, 0.25) is 0 Å². The number of allylic oxidation sites excluding steroid dienone is 3. The smallest absolute Gasteiger partial charge is 0.105 e. The van der Waals surface area contributed by atoms with Crippen LogP contribution in [0.4, 0.5) is 0 Å². The van der Waals surface area contributed by atoms with Gasteiger partial charge < -0.3 is 25.0 Å². The Bertz CT molecular complexity index is 1070. The van der Waals surface area contributed by atoms with E-state index in [1.165, 1.54) is 16.7 Å². The van der Waals surface area contributed by atoms with Crippen LogP contribution in [0.15, 0.2) is 53.6 Å². The molecule has 5 heteroatoms. The van der Waals surface area contributed by atoms with Crippen molar-refractivity contribution in [2.45, 2.75) is 75.1 Å². The van der Waals surface area contributed by atoms with E-state index in [0.717, 1.165) is 36.8 Å². The standard InChI is InChI=1S/C28H35NO4/c1-26-11-10-19-14-21-24(31)25(32)22(29(2)3)15-27(21)12-13-28(19,33-27)23(26)9-8-20(26)18-6-4-17(16-30)5-7-18/h4-8,10,14,22-25,30-32H,9,11-13,15-16H2,1-3H3/t22-,23?,24+,25+,26+,27+,28+/m0/s1. The number of rotatable bonds is 3.